The topological polar surface area (TPSA) is 51.6 Å². The molecule has 0 aliphatic carbocycles. The summed E-state index contributed by atoms with van der Waals surface area (Å²) in [5.74, 6) is 1.37. The van der Waals surface area contributed by atoms with Crippen LogP contribution in [0.2, 0.25) is 0 Å². The van der Waals surface area contributed by atoms with Crippen LogP contribution in [0.5, 0.6) is 17.2 Å². The van der Waals surface area contributed by atoms with Gasteiger partial charge in [0, 0.05) is 17.5 Å². The number of hydrogen-bond acceptors (Lipinski definition) is 5. The summed E-state index contributed by atoms with van der Waals surface area (Å²) in [6.45, 7) is 0. The summed E-state index contributed by atoms with van der Waals surface area (Å²) in [6, 6.07) is 5.12. The molecule has 0 atom stereocenters. The maximum Gasteiger partial charge on any atom is 0.162 e. The zero-order chi connectivity index (χ0) is 12.4. The third-order valence-corrected chi connectivity index (χ3v) is 3.11. The summed E-state index contributed by atoms with van der Waals surface area (Å²) >= 11 is 1.48. The molecular weight excluding hydrogens is 238 g/mol. The molecule has 1 heterocycles. The quantitative estimate of drug-likeness (QED) is 0.850. The Hall–Kier alpha value is -1.62. The zero-order valence-electron chi connectivity index (χ0n) is 9.85. The third kappa shape index (κ3) is 2.10. The van der Waals surface area contributed by atoms with Crippen molar-refractivity contribution < 1.29 is 14.6 Å². The molecule has 0 saturated heterocycles. The first kappa shape index (κ1) is 11.9. The Labute approximate surface area is 104 Å². The van der Waals surface area contributed by atoms with Crippen molar-refractivity contribution in [3.63, 3.8) is 0 Å². The summed E-state index contributed by atoms with van der Waals surface area (Å²) in [7, 11) is 3.13. The second-order valence-corrected chi connectivity index (χ2v) is 4.23. The lowest BCUT2D eigenvalue weighted by molar-refractivity contribution is 0.355. The maximum absolute atomic E-state index is 9.92. The van der Waals surface area contributed by atoms with Crippen molar-refractivity contribution in [1.29, 1.82) is 0 Å². The van der Waals surface area contributed by atoms with Gasteiger partial charge in [0.1, 0.15) is 10.8 Å². The smallest absolute Gasteiger partial charge is 0.162 e. The minimum Gasteiger partial charge on any atom is -0.507 e. The molecule has 1 aromatic heterocycles. The average molecular weight is 251 g/mol. The number of ether oxygens (including phenoxy) is 2. The van der Waals surface area contributed by atoms with Gasteiger partial charge in [0.25, 0.3) is 0 Å². The molecule has 0 unspecified atom stereocenters. The second kappa shape index (κ2) is 4.71. The van der Waals surface area contributed by atoms with Gasteiger partial charge in [-0.05, 0) is 12.3 Å². The molecule has 17 heavy (non-hydrogen) atoms. The number of pyridine rings is 1. The molecule has 1 N–H and O–H groups in total. The SMILES string of the molecule is COc1cc2nc(SC)cc(O)c2cc1OC. The number of nitrogens with zero attached hydrogens (tertiary/aromatic N) is 1. The van der Waals surface area contributed by atoms with Crippen LogP contribution in [-0.4, -0.2) is 30.6 Å². The van der Waals surface area contributed by atoms with Crippen LogP contribution in [0.1, 0.15) is 0 Å². The molecule has 0 fully saturated rings. The first-order valence-electron chi connectivity index (χ1n) is 4.99. The van der Waals surface area contributed by atoms with Gasteiger partial charge >= 0.3 is 0 Å². The van der Waals surface area contributed by atoms with Crippen molar-refractivity contribution in [3.05, 3.63) is 18.2 Å². The molecule has 2 rings (SSSR count). The Morgan fingerprint density at radius 3 is 2.35 bits per heavy atom. The summed E-state index contributed by atoms with van der Waals surface area (Å²) in [4.78, 5) is 4.41. The molecule has 0 radical (unpaired) electrons. The van der Waals surface area contributed by atoms with Crippen LogP contribution in [0.25, 0.3) is 10.9 Å². The lowest BCUT2D eigenvalue weighted by Gasteiger charge is -2.10. The molecule has 5 heteroatoms. The number of rotatable bonds is 3. The predicted molar refractivity (Wildman–Crippen MR) is 68.3 cm³/mol. The highest BCUT2D eigenvalue weighted by atomic mass is 32.2. The average Bonchev–Trinajstić information content (AvgIpc) is 2.36. The van der Waals surface area contributed by atoms with Crippen molar-refractivity contribution in [1.82, 2.24) is 4.98 Å². The first-order valence-corrected chi connectivity index (χ1v) is 6.21. The van der Waals surface area contributed by atoms with Gasteiger partial charge in [0.15, 0.2) is 11.5 Å². The van der Waals surface area contributed by atoms with E-state index in [-0.39, 0.29) is 5.75 Å². The highest BCUT2D eigenvalue weighted by Gasteiger charge is 2.10. The fourth-order valence-corrected chi connectivity index (χ4v) is 2.04. The number of aromatic nitrogens is 1. The number of methoxy groups -OCH3 is 2. The molecule has 1 aromatic carbocycles. The zero-order valence-corrected chi connectivity index (χ0v) is 10.7. The molecule has 0 spiro atoms. The van der Waals surface area contributed by atoms with E-state index in [1.807, 2.05) is 6.26 Å². The fourth-order valence-electron chi connectivity index (χ4n) is 1.62. The van der Waals surface area contributed by atoms with Crippen LogP contribution < -0.4 is 9.47 Å². The molecule has 4 nitrogen and oxygen atoms in total. The normalized spacial score (nSPS) is 10.5. The number of fused-ring (bicyclic) bond motifs is 1. The minimum atomic E-state index is 0.195. The van der Waals surface area contributed by atoms with Crippen LogP contribution in [0.4, 0.5) is 0 Å². The minimum absolute atomic E-state index is 0.195. The van der Waals surface area contributed by atoms with E-state index in [2.05, 4.69) is 4.98 Å². The molecule has 2 aromatic rings. The van der Waals surface area contributed by atoms with Crippen molar-refractivity contribution in [2.45, 2.75) is 5.03 Å². The van der Waals surface area contributed by atoms with Gasteiger partial charge in [-0.3, -0.25) is 0 Å². The summed E-state index contributed by atoms with van der Waals surface area (Å²) in [5, 5.41) is 11.3. The van der Waals surface area contributed by atoms with Gasteiger partial charge in [0.05, 0.1) is 19.7 Å². The molecule has 0 aliphatic rings. The van der Waals surface area contributed by atoms with E-state index >= 15 is 0 Å². The molecule has 90 valence electrons. The summed E-state index contributed by atoms with van der Waals surface area (Å²) < 4.78 is 10.4. The number of hydrogen-bond donors (Lipinski definition) is 1. The Kier molecular flexibility index (Phi) is 3.28. The van der Waals surface area contributed by atoms with E-state index in [4.69, 9.17) is 9.47 Å². The molecule has 0 bridgehead atoms. The van der Waals surface area contributed by atoms with E-state index in [9.17, 15) is 5.11 Å². The Morgan fingerprint density at radius 1 is 1.12 bits per heavy atom. The lowest BCUT2D eigenvalue weighted by atomic mass is 10.2. The number of thioether (sulfide) groups is 1. The van der Waals surface area contributed by atoms with Gasteiger partial charge in [-0.2, -0.15) is 0 Å². The Bertz CT molecular complexity index is 557. The highest BCUT2D eigenvalue weighted by molar-refractivity contribution is 7.98. The van der Waals surface area contributed by atoms with Gasteiger partial charge in [-0.1, -0.05) is 0 Å². The van der Waals surface area contributed by atoms with Crippen molar-refractivity contribution in [3.8, 4) is 17.2 Å². The predicted octanol–water partition coefficient (Wildman–Crippen LogP) is 2.68. The van der Waals surface area contributed by atoms with Crippen LogP contribution >= 0.6 is 11.8 Å². The van der Waals surface area contributed by atoms with E-state index in [0.29, 0.717) is 22.4 Å². The van der Waals surface area contributed by atoms with Gasteiger partial charge in [-0.15, -0.1) is 11.8 Å². The van der Waals surface area contributed by atoms with E-state index in [1.165, 1.54) is 11.8 Å². The third-order valence-electron chi connectivity index (χ3n) is 2.48. The van der Waals surface area contributed by atoms with Gasteiger partial charge in [-0.25, -0.2) is 4.98 Å². The standard InChI is InChI=1S/C12H13NO3S/c1-15-10-4-7-8(5-11(10)16-2)13-12(17-3)6-9(7)14/h4-6H,1-3H3,(H,13,14). The van der Waals surface area contributed by atoms with E-state index in [0.717, 1.165) is 5.03 Å². The van der Waals surface area contributed by atoms with Crippen molar-refractivity contribution >= 4 is 22.7 Å². The maximum atomic E-state index is 9.92. The van der Waals surface area contributed by atoms with Crippen LogP contribution in [-0.2, 0) is 0 Å². The number of aromatic hydroxyl groups is 1. The molecular formula is C12H13NO3S. The Balaban J connectivity index is 2.73. The van der Waals surface area contributed by atoms with Gasteiger partial charge in [0.2, 0.25) is 0 Å². The first-order chi connectivity index (χ1) is 8.19. The lowest BCUT2D eigenvalue weighted by Crippen LogP contribution is -1.92. The molecule has 0 aliphatic heterocycles. The number of benzene rings is 1. The second-order valence-electron chi connectivity index (χ2n) is 3.41. The van der Waals surface area contributed by atoms with Crippen LogP contribution in [0.15, 0.2) is 23.2 Å². The van der Waals surface area contributed by atoms with E-state index in [1.54, 1.807) is 32.4 Å². The van der Waals surface area contributed by atoms with Crippen molar-refractivity contribution in [2.75, 3.05) is 20.5 Å². The summed E-state index contributed by atoms with van der Waals surface area (Å²) in [5.41, 5.74) is 0.687. The largest absolute Gasteiger partial charge is 0.507 e. The monoisotopic (exact) mass is 251 g/mol. The van der Waals surface area contributed by atoms with Crippen LogP contribution in [0.3, 0.4) is 0 Å². The highest BCUT2D eigenvalue weighted by Crippen LogP contribution is 2.36. The fraction of sp³-hybridized carbons (Fsp3) is 0.250. The summed E-state index contributed by atoms with van der Waals surface area (Å²) in [6.07, 6.45) is 1.91. The molecule has 0 saturated carbocycles. The van der Waals surface area contributed by atoms with Gasteiger partial charge < -0.3 is 14.6 Å². The van der Waals surface area contributed by atoms with Crippen molar-refractivity contribution in [2.24, 2.45) is 0 Å². The molecule has 0 amide bonds. The Morgan fingerprint density at radius 2 is 1.76 bits per heavy atom. The van der Waals surface area contributed by atoms with E-state index < -0.39 is 0 Å². The van der Waals surface area contributed by atoms with Crippen LogP contribution in [0, 0.1) is 0 Å².